The Morgan fingerprint density at radius 2 is 2.00 bits per heavy atom. The van der Waals surface area contributed by atoms with Crippen LogP contribution < -0.4 is 10.2 Å². The van der Waals surface area contributed by atoms with Crippen LogP contribution in [0.15, 0.2) is 23.4 Å². The third-order valence-corrected chi connectivity index (χ3v) is 7.80. The molecule has 4 heterocycles. The van der Waals surface area contributed by atoms with Crippen molar-refractivity contribution in [2.75, 3.05) is 35.7 Å². The number of fused-ring (bicyclic) bond motifs is 1. The van der Waals surface area contributed by atoms with Gasteiger partial charge in [0.2, 0.25) is 5.95 Å². The predicted octanol–water partition coefficient (Wildman–Crippen LogP) is 2.75. The summed E-state index contributed by atoms with van der Waals surface area (Å²) in [5.41, 5.74) is -0.188. The molecule has 0 bridgehead atoms. The maximum absolute atomic E-state index is 14.6. The summed E-state index contributed by atoms with van der Waals surface area (Å²) < 4.78 is 41.7. The number of aliphatic hydroxyl groups is 1. The van der Waals surface area contributed by atoms with Crippen molar-refractivity contribution < 1.29 is 18.1 Å². The van der Waals surface area contributed by atoms with Crippen molar-refractivity contribution in [1.82, 2.24) is 19.9 Å². The van der Waals surface area contributed by atoms with Crippen molar-refractivity contribution >= 4 is 39.7 Å². The molecule has 1 saturated carbocycles. The van der Waals surface area contributed by atoms with E-state index in [1.165, 1.54) is 12.4 Å². The number of alkyl halides is 2. The lowest BCUT2D eigenvalue weighted by Gasteiger charge is -2.41. The van der Waals surface area contributed by atoms with Gasteiger partial charge in [-0.05, 0) is 31.3 Å². The van der Waals surface area contributed by atoms with Gasteiger partial charge in [0.1, 0.15) is 16.4 Å². The van der Waals surface area contributed by atoms with E-state index in [2.05, 4.69) is 25.3 Å². The molecule has 2 aliphatic heterocycles. The van der Waals surface area contributed by atoms with Crippen LogP contribution in [0.5, 0.6) is 0 Å². The largest absolute Gasteiger partial charge is 0.394 e. The maximum atomic E-state index is 14.6. The fourth-order valence-corrected chi connectivity index (χ4v) is 5.57. The SMILES string of the molecule is O=[S@]1CC(F)(F)c2nc(N3CC=C(c4ncc(Cl)cn4)CC3)nc(NC3(CO)CCC3)c21. The average molecular weight is 483 g/mol. The molecule has 0 amide bonds. The minimum atomic E-state index is -3.30. The minimum absolute atomic E-state index is 0.0544. The van der Waals surface area contributed by atoms with Crippen LogP contribution in [0.25, 0.3) is 5.57 Å². The van der Waals surface area contributed by atoms with Crippen LogP contribution in [0.3, 0.4) is 0 Å². The van der Waals surface area contributed by atoms with E-state index < -0.39 is 33.7 Å². The molecule has 0 unspecified atom stereocenters. The van der Waals surface area contributed by atoms with Crippen LogP contribution in [-0.2, 0) is 16.7 Å². The highest BCUT2D eigenvalue weighted by Crippen LogP contribution is 2.45. The van der Waals surface area contributed by atoms with Gasteiger partial charge < -0.3 is 15.3 Å². The van der Waals surface area contributed by atoms with Crippen molar-refractivity contribution in [1.29, 1.82) is 0 Å². The lowest BCUT2D eigenvalue weighted by atomic mass is 9.77. The number of anilines is 2. The summed E-state index contributed by atoms with van der Waals surface area (Å²) in [6.45, 7) is 0.718. The zero-order valence-corrected chi connectivity index (χ0v) is 18.6. The van der Waals surface area contributed by atoms with Gasteiger partial charge >= 0.3 is 5.92 Å². The Morgan fingerprint density at radius 1 is 1.25 bits per heavy atom. The smallest absolute Gasteiger partial charge is 0.302 e. The number of aliphatic hydroxyl groups excluding tert-OH is 1. The molecule has 1 aliphatic carbocycles. The summed E-state index contributed by atoms with van der Waals surface area (Å²) in [4.78, 5) is 18.8. The first-order chi connectivity index (χ1) is 15.3. The quantitative estimate of drug-likeness (QED) is 0.670. The number of rotatable bonds is 5. The predicted molar refractivity (Wildman–Crippen MR) is 116 cm³/mol. The van der Waals surface area contributed by atoms with Crippen molar-refractivity contribution in [3.05, 3.63) is 35.0 Å². The summed E-state index contributed by atoms with van der Waals surface area (Å²) in [6, 6.07) is 0. The molecule has 8 nitrogen and oxygen atoms in total. The molecule has 1 fully saturated rings. The Balaban J connectivity index is 1.48. The zero-order chi connectivity index (χ0) is 22.5. The monoisotopic (exact) mass is 482 g/mol. The summed E-state index contributed by atoms with van der Waals surface area (Å²) in [5.74, 6) is -3.26. The molecule has 32 heavy (non-hydrogen) atoms. The molecular formula is C20H21ClF2N6O2S. The highest BCUT2D eigenvalue weighted by Gasteiger charge is 2.49. The first-order valence-electron chi connectivity index (χ1n) is 10.3. The van der Waals surface area contributed by atoms with Crippen LogP contribution in [0.1, 0.15) is 37.2 Å². The molecule has 2 N–H and O–H groups in total. The maximum Gasteiger partial charge on any atom is 0.302 e. The fraction of sp³-hybridized carbons (Fsp3) is 0.500. The molecule has 12 heteroatoms. The Kier molecular flexibility index (Phi) is 5.37. The molecule has 3 aliphatic rings. The molecule has 5 rings (SSSR count). The first kappa shape index (κ1) is 21.6. The number of nitrogens with zero attached hydrogens (tertiary/aromatic N) is 5. The number of nitrogens with one attached hydrogen (secondary N) is 1. The number of aromatic nitrogens is 4. The van der Waals surface area contributed by atoms with Crippen molar-refractivity contribution in [3.8, 4) is 0 Å². The van der Waals surface area contributed by atoms with E-state index in [1.54, 1.807) is 4.90 Å². The Morgan fingerprint density at radius 3 is 2.59 bits per heavy atom. The van der Waals surface area contributed by atoms with Gasteiger partial charge in [-0.15, -0.1) is 0 Å². The van der Waals surface area contributed by atoms with Gasteiger partial charge in [-0.2, -0.15) is 13.8 Å². The van der Waals surface area contributed by atoms with E-state index in [4.69, 9.17) is 11.6 Å². The van der Waals surface area contributed by atoms with Gasteiger partial charge in [-0.25, -0.2) is 15.0 Å². The van der Waals surface area contributed by atoms with Crippen molar-refractivity contribution in [3.63, 3.8) is 0 Å². The molecule has 2 aromatic heterocycles. The third-order valence-electron chi connectivity index (χ3n) is 6.14. The van der Waals surface area contributed by atoms with Gasteiger partial charge in [-0.3, -0.25) is 4.21 Å². The minimum Gasteiger partial charge on any atom is -0.394 e. The molecule has 0 saturated heterocycles. The molecular weight excluding hydrogens is 462 g/mol. The second-order valence-electron chi connectivity index (χ2n) is 8.31. The summed E-state index contributed by atoms with van der Waals surface area (Å²) >= 11 is 5.85. The molecule has 2 aromatic rings. The van der Waals surface area contributed by atoms with Gasteiger partial charge in [0, 0.05) is 25.5 Å². The fourth-order valence-electron chi connectivity index (χ4n) is 4.14. The number of halogens is 3. The highest BCUT2D eigenvalue weighted by molar-refractivity contribution is 7.85. The second-order valence-corrected chi connectivity index (χ2v) is 10.1. The average Bonchev–Trinajstić information content (AvgIpc) is 2.99. The van der Waals surface area contributed by atoms with E-state index in [-0.39, 0.29) is 23.3 Å². The van der Waals surface area contributed by atoms with Crippen LogP contribution in [0.2, 0.25) is 5.02 Å². The molecule has 1 atom stereocenters. The van der Waals surface area contributed by atoms with Gasteiger partial charge in [0.25, 0.3) is 0 Å². The van der Waals surface area contributed by atoms with E-state index in [1.807, 2.05) is 6.08 Å². The van der Waals surface area contributed by atoms with Crippen LogP contribution >= 0.6 is 11.6 Å². The second kappa shape index (κ2) is 7.96. The number of hydrogen-bond acceptors (Lipinski definition) is 8. The summed E-state index contributed by atoms with van der Waals surface area (Å²) in [7, 11) is -1.92. The zero-order valence-electron chi connectivity index (χ0n) is 17.0. The van der Waals surface area contributed by atoms with E-state index in [0.29, 0.717) is 43.2 Å². The first-order valence-corrected chi connectivity index (χ1v) is 12.0. The molecule has 0 radical (unpaired) electrons. The van der Waals surface area contributed by atoms with Crippen LogP contribution in [-0.4, -0.2) is 60.2 Å². The number of hydrogen-bond donors (Lipinski definition) is 2. The van der Waals surface area contributed by atoms with Crippen LogP contribution in [0, 0.1) is 0 Å². The van der Waals surface area contributed by atoms with Crippen molar-refractivity contribution in [2.24, 2.45) is 0 Å². The Bertz CT molecular complexity index is 1100. The topological polar surface area (TPSA) is 104 Å². The normalized spacial score (nSPS) is 23.3. The molecule has 170 valence electrons. The third kappa shape index (κ3) is 3.75. The lowest BCUT2D eigenvalue weighted by molar-refractivity contribution is 0.0191. The highest BCUT2D eigenvalue weighted by atomic mass is 35.5. The molecule has 0 spiro atoms. The Hall–Kier alpha value is -2.24. The van der Waals surface area contributed by atoms with Gasteiger partial charge in [-0.1, -0.05) is 17.7 Å². The van der Waals surface area contributed by atoms with E-state index in [9.17, 15) is 18.1 Å². The standard InChI is InChI=1S/C20H21ClF2N6O2S/c21-13-8-24-16(25-9-13)12-2-6-29(7-3-12)18-26-15-14(32(31)11-20(15,22)23)17(27-18)28-19(10-30)4-1-5-19/h2,8-9,30H,1,3-7,10-11H2,(H,26,27,28)/t32-/m0/s1. The van der Waals surface area contributed by atoms with E-state index >= 15 is 0 Å². The summed E-state index contributed by atoms with van der Waals surface area (Å²) in [5, 5.41) is 13.4. The van der Waals surface area contributed by atoms with Gasteiger partial charge in [0.05, 0.1) is 33.7 Å². The molecule has 0 aromatic carbocycles. The van der Waals surface area contributed by atoms with E-state index in [0.717, 1.165) is 12.0 Å². The lowest BCUT2D eigenvalue weighted by Crippen LogP contribution is -2.48. The Labute approximate surface area is 190 Å². The van der Waals surface area contributed by atoms with Gasteiger partial charge in [0.15, 0.2) is 5.82 Å². The van der Waals surface area contributed by atoms with Crippen LogP contribution in [0.4, 0.5) is 20.5 Å². The summed E-state index contributed by atoms with van der Waals surface area (Å²) in [6.07, 6.45) is 7.84. The van der Waals surface area contributed by atoms with Crippen molar-refractivity contribution in [2.45, 2.75) is 42.0 Å².